The standard InChI is InChI=1S/C15H17N/c1-4-5-13(3)15(11-16)10-14-8-6-12(2)7-9-14/h6-10H,3-5H2,1-2H3/b15-10+. The fraction of sp³-hybridized carbons (Fsp3) is 0.267. The second-order valence-corrected chi connectivity index (χ2v) is 3.93. The highest BCUT2D eigenvalue weighted by molar-refractivity contribution is 5.63. The van der Waals surface area contributed by atoms with E-state index in [1.165, 1.54) is 5.56 Å². The van der Waals surface area contributed by atoms with Gasteiger partial charge in [-0.25, -0.2) is 0 Å². The van der Waals surface area contributed by atoms with Gasteiger partial charge in [0.2, 0.25) is 0 Å². The zero-order valence-electron chi connectivity index (χ0n) is 9.96. The van der Waals surface area contributed by atoms with Gasteiger partial charge in [0.25, 0.3) is 0 Å². The minimum absolute atomic E-state index is 0.686. The first-order chi connectivity index (χ1) is 7.67. The zero-order chi connectivity index (χ0) is 12.0. The maximum absolute atomic E-state index is 9.06. The van der Waals surface area contributed by atoms with Gasteiger partial charge in [-0.15, -0.1) is 0 Å². The van der Waals surface area contributed by atoms with E-state index in [0.717, 1.165) is 24.0 Å². The molecule has 1 aromatic rings. The number of hydrogen-bond donors (Lipinski definition) is 0. The second-order valence-electron chi connectivity index (χ2n) is 3.93. The average Bonchev–Trinajstić information content (AvgIpc) is 2.28. The molecule has 0 radical (unpaired) electrons. The Labute approximate surface area is 97.7 Å². The number of rotatable bonds is 4. The molecule has 0 aliphatic heterocycles. The Kier molecular flexibility index (Phi) is 4.54. The number of benzene rings is 1. The van der Waals surface area contributed by atoms with Crippen LogP contribution in [0.5, 0.6) is 0 Å². The normalized spacial score (nSPS) is 10.9. The Morgan fingerprint density at radius 1 is 1.38 bits per heavy atom. The molecule has 0 unspecified atom stereocenters. The van der Waals surface area contributed by atoms with Crippen LogP contribution in [0.4, 0.5) is 0 Å². The topological polar surface area (TPSA) is 23.8 Å². The molecule has 0 amide bonds. The highest BCUT2D eigenvalue weighted by Gasteiger charge is 2.00. The molecule has 82 valence electrons. The summed E-state index contributed by atoms with van der Waals surface area (Å²) in [4.78, 5) is 0. The van der Waals surface area contributed by atoms with E-state index in [0.29, 0.717) is 5.57 Å². The molecule has 1 nitrogen and oxygen atoms in total. The lowest BCUT2D eigenvalue weighted by Crippen LogP contribution is -1.85. The van der Waals surface area contributed by atoms with Crippen molar-refractivity contribution in [2.75, 3.05) is 0 Å². The lowest BCUT2D eigenvalue weighted by molar-refractivity contribution is 0.923. The van der Waals surface area contributed by atoms with Crippen molar-refractivity contribution >= 4 is 6.08 Å². The smallest absolute Gasteiger partial charge is 0.0994 e. The van der Waals surface area contributed by atoms with Crippen LogP contribution in [0.15, 0.2) is 42.0 Å². The number of aryl methyl sites for hydroxylation is 1. The predicted molar refractivity (Wildman–Crippen MR) is 68.8 cm³/mol. The van der Waals surface area contributed by atoms with Gasteiger partial charge in [-0.3, -0.25) is 0 Å². The van der Waals surface area contributed by atoms with Crippen LogP contribution in [0.1, 0.15) is 30.9 Å². The molecule has 0 aromatic heterocycles. The minimum atomic E-state index is 0.686. The SMILES string of the molecule is C=C(CCC)/C(C#N)=C/c1ccc(C)cc1. The molecule has 0 atom stereocenters. The Morgan fingerprint density at radius 3 is 2.50 bits per heavy atom. The quantitative estimate of drug-likeness (QED) is 0.539. The van der Waals surface area contributed by atoms with Crippen molar-refractivity contribution in [2.24, 2.45) is 0 Å². The van der Waals surface area contributed by atoms with Gasteiger partial charge in [-0.05, 0) is 30.6 Å². The van der Waals surface area contributed by atoms with Gasteiger partial charge >= 0.3 is 0 Å². The molecule has 0 fully saturated rings. The van der Waals surface area contributed by atoms with Gasteiger partial charge in [-0.2, -0.15) is 5.26 Å². The van der Waals surface area contributed by atoms with E-state index in [1.54, 1.807) is 0 Å². The highest BCUT2D eigenvalue weighted by Crippen LogP contribution is 2.17. The summed E-state index contributed by atoms with van der Waals surface area (Å²) in [6.07, 6.45) is 3.80. The Hall–Kier alpha value is -1.81. The van der Waals surface area contributed by atoms with Gasteiger partial charge in [0.1, 0.15) is 0 Å². The molecule has 0 N–H and O–H groups in total. The molecule has 0 heterocycles. The number of hydrogen-bond acceptors (Lipinski definition) is 1. The molecule has 1 aromatic carbocycles. The first-order valence-electron chi connectivity index (χ1n) is 5.54. The first-order valence-corrected chi connectivity index (χ1v) is 5.54. The summed E-state index contributed by atoms with van der Waals surface area (Å²) in [6.45, 7) is 8.08. The molecular weight excluding hydrogens is 194 g/mol. The predicted octanol–water partition coefficient (Wildman–Crippen LogP) is 4.26. The fourth-order valence-electron chi connectivity index (χ4n) is 1.48. The largest absolute Gasteiger partial charge is 0.192 e. The van der Waals surface area contributed by atoms with Gasteiger partial charge in [0, 0.05) is 0 Å². The molecule has 0 saturated carbocycles. The van der Waals surface area contributed by atoms with Crippen molar-refractivity contribution in [3.8, 4) is 6.07 Å². The average molecular weight is 211 g/mol. The van der Waals surface area contributed by atoms with Crippen LogP contribution >= 0.6 is 0 Å². The Morgan fingerprint density at radius 2 is 2.00 bits per heavy atom. The van der Waals surface area contributed by atoms with Gasteiger partial charge in [0.05, 0.1) is 11.6 Å². The number of allylic oxidation sites excluding steroid dienone is 2. The van der Waals surface area contributed by atoms with Crippen molar-refractivity contribution in [1.29, 1.82) is 5.26 Å². The zero-order valence-corrected chi connectivity index (χ0v) is 9.96. The summed E-state index contributed by atoms with van der Waals surface area (Å²) in [6, 6.07) is 10.3. The number of nitriles is 1. The van der Waals surface area contributed by atoms with Crippen LogP contribution in [0, 0.1) is 18.3 Å². The Balaban J connectivity index is 2.92. The highest BCUT2D eigenvalue weighted by atomic mass is 14.2. The van der Waals surface area contributed by atoms with Gasteiger partial charge in [0.15, 0.2) is 0 Å². The molecule has 0 aliphatic rings. The monoisotopic (exact) mass is 211 g/mol. The van der Waals surface area contributed by atoms with Crippen LogP contribution in [-0.4, -0.2) is 0 Å². The van der Waals surface area contributed by atoms with E-state index in [4.69, 9.17) is 5.26 Å². The first kappa shape index (κ1) is 12.3. The second kappa shape index (κ2) is 5.92. The molecule has 1 heteroatoms. The van der Waals surface area contributed by atoms with Crippen LogP contribution in [0.25, 0.3) is 6.08 Å². The lowest BCUT2D eigenvalue weighted by Gasteiger charge is -2.02. The van der Waals surface area contributed by atoms with Crippen LogP contribution in [0.3, 0.4) is 0 Å². The van der Waals surface area contributed by atoms with Crippen LogP contribution < -0.4 is 0 Å². The van der Waals surface area contributed by atoms with E-state index in [2.05, 4.69) is 26.5 Å². The van der Waals surface area contributed by atoms with Crippen molar-refractivity contribution in [2.45, 2.75) is 26.7 Å². The summed E-state index contributed by atoms with van der Waals surface area (Å²) in [5.41, 5.74) is 3.89. The molecule has 1 rings (SSSR count). The summed E-state index contributed by atoms with van der Waals surface area (Å²) >= 11 is 0. The van der Waals surface area contributed by atoms with Crippen LogP contribution in [-0.2, 0) is 0 Å². The Bertz CT molecular complexity index is 429. The molecule has 0 bridgehead atoms. The fourth-order valence-corrected chi connectivity index (χ4v) is 1.48. The summed E-state index contributed by atoms with van der Waals surface area (Å²) in [7, 11) is 0. The number of nitrogens with zero attached hydrogens (tertiary/aromatic N) is 1. The van der Waals surface area contributed by atoms with Crippen molar-refractivity contribution in [3.63, 3.8) is 0 Å². The summed E-state index contributed by atoms with van der Waals surface area (Å²) in [5, 5.41) is 9.06. The van der Waals surface area contributed by atoms with Crippen molar-refractivity contribution in [1.82, 2.24) is 0 Å². The van der Waals surface area contributed by atoms with E-state index < -0.39 is 0 Å². The maximum atomic E-state index is 9.06. The van der Waals surface area contributed by atoms with E-state index in [9.17, 15) is 0 Å². The molecular formula is C15H17N. The van der Waals surface area contributed by atoms with Crippen molar-refractivity contribution in [3.05, 3.63) is 53.1 Å². The van der Waals surface area contributed by atoms with Gasteiger partial charge in [-0.1, -0.05) is 49.8 Å². The lowest BCUT2D eigenvalue weighted by atomic mass is 10.0. The third-order valence-corrected chi connectivity index (χ3v) is 2.44. The molecule has 0 spiro atoms. The molecule has 0 aliphatic carbocycles. The summed E-state index contributed by atoms with van der Waals surface area (Å²) < 4.78 is 0. The molecule has 0 saturated heterocycles. The third kappa shape index (κ3) is 3.40. The van der Waals surface area contributed by atoms with Crippen LogP contribution in [0.2, 0.25) is 0 Å². The third-order valence-electron chi connectivity index (χ3n) is 2.44. The van der Waals surface area contributed by atoms with E-state index >= 15 is 0 Å². The van der Waals surface area contributed by atoms with E-state index in [-0.39, 0.29) is 0 Å². The van der Waals surface area contributed by atoms with Gasteiger partial charge < -0.3 is 0 Å². The maximum Gasteiger partial charge on any atom is 0.0994 e. The summed E-state index contributed by atoms with van der Waals surface area (Å²) in [5.74, 6) is 0. The minimum Gasteiger partial charge on any atom is -0.192 e. The molecule has 16 heavy (non-hydrogen) atoms. The van der Waals surface area contributed by atoms with E-state index in [1.807, 2.05) is 30.3 Å². The van der Waals surface area contributed by atoms with Crippen molar-refractivity contribution < 1.29 is 0 Å².